The first-order chi connectivity index (χ1) is 14.7. The summed E-state index contributed by atoms with van der Waals surface area (Å²) in [7, 11) is 0. The molecule has 1 aliphatic heterocycles. The summed E-state index contributed by atoms with van der Waals surface area (Å²) in [5.41, 5.74) is 5.94. The van der Waals surface area contributed by atoms with Crippen molar-refractivity contribution in [3.8, 4) is 11.4 Å². The maximum absolute atomic E-state index is 11.9. The van der Waals surface area contributed by atoms with Crippen LogP contribution in [0, 0.1) is 6.92 Å². The van der Waals surface area contributed by atoms with Crippen LogP contribution in [-0.2, 0) is 11.3 Å². The molecule has 0 bridgehead atoms. The van der Waals surface area contributed by atoms with Crippen molar-refractivity contribution >= 4 is 16.7 Å². The van der Waals surface area contributed by atoms with E-state index in [2.05, 4.69) is 56.9 Å². The van der Waals surface area contributed by atoms with Crippen LogP contribution in [0.3, 0.4) is 0 Å². The molecule has 1 N–H and O–H groups in total. The number of nitrogens with one attached hydrogen (secondary N) is 1. The van der Waals surface area contributed by atoms with E-state index in [1.165, 1.54) is 11.3 Å². The van der Waals surface area contributed by atoms with Crippen molar-refractivity contribution < 1.29 is 4.74 Å². The normalized spacial score (nSPS) is 14.4. The molecule has 1 saturated heterocycles. The molecule has 0 atom stereocenters. The summed E-state index contributed by atoms with van der Waals surface area (Å²) in [5, 5.41) is 0. The average molecular weight is 400 g/mol. The molecule has 0 unspecified atom stereocenters. The molecule has 0 spiro atoms. The molecule has 30 heavy (non-hydrogen) atoms. The van der Waals surface area contributed by atoms with Gasteiger partial charge in [0.1, 0.15) is 5.82 Å². The van der Waals surface area contributed by atoms with Gasteiger partial charge in [0.25, 0.3) is 5.56 Å². The zero-order valence-corrected chi connectivity index (χ0v) is 17.0. The number of H-pyrrole nitrogens is 1. The summed E-state index contributed by atoms with van der Waals surface area (Å²) in [6.07, 6.45) is 1.75. The third kappa shape index (κ3) is 3.50. The molecular formula is C24H24N4O2. The van der Waals surface area contributed by atoms with Crippen molar-refractivity contribution in [2.24, 2.45) is 0 Å². The van der Waals surface area contributed by atoms with Crippen molar-refractivity contribution in [2.75, 3.05) is 31.2 Å². The second-order valence-corrected chi connectivity index (χ2v) is 7.68. The number of imidazole rings is 1. The van der Waals surface area contributed by atoms with Gasteiger partial charge in [-0.05, 0) is 36.8 Å². The number of ether oxygens (including phenoxy) is 1. The molecule has 5 rings (SSSR count). The summed E-state index contributed by atoms with van der Waals surface area (Å²) < 4.78 is 7.74. The van der Waals surface area contributed by atoms with Gasteiger partial charge >= 0.3 is 0 Å². The number of aryl methyl sites for hydroxylation is 1. The third-order valence-electron chi connectivity index (χ3n) is 5.64. The Kier molecular flexibility index (Phi) is 4.85. The largest absolute Gasteiger partial charge is 0.378 e. The third-order valence-corrected chi connectivity index (χ3v) is 5.64. The molecule has 0 amide bonds. The maximum atomic E-state index is 11.9. The van der Waals surface area contributed by atoms with E-state index in [1.807, 2.05) is 19.1 Å². The van der Waals surface area contributed by atoms with Crippen LogP contribution in [0.25, 0.3) is 22.4 Å². The molecule has 2 aromatic carbocycles. The zero-order chi connectivity index (χ0) is 20.5. The van der Waals surface area contributed by atoms with Crippen LogP contribution in [0.5, 0.6) is 0 Å². The number of hydrogen-bond donors (Lipinski definition) is 1. The van der Waals surface area contributed by atoms with Gasteiger partial charge in [0.15, 0.2) is 0 Å². The predicted octanol–water partition coefficient (Wildman–Crippen LogP) is 3.58. The van der Waals surface area contributed by atoms with E-state index in [-0.39, 0.29) is 5.56 Å². The Labute approximate surface area is 174 Å². The van der Waals surface area contributed by atoms with Gasteiger partial charge in [-0.15, -0.1) is 0 Å². The summed E-state index contributed by atoms with van der Waals surface area (Å²) in [4.78, 5) is 22.0. The maximum Gasteiger partial charge on any atom is 0.250 e. The quantitative estimate of drug-likeness (QED) is 0.569. The second kappa shape index (κ2) is 7.80. The Morgan fingerprint density at radius 1 is 1.07 bits per heavy atom. The molecular weight excluding hydrogens is 376 g/mol. The van der Waals surface area contributed by atoms with E-state index in [1.54, 1.807) is 6.20 Å². The highest BCUT2D eigenvalue weighted by molar-refractivity contribution is 5.84. The average Bonchev–Trinajstić information content (AvgIpc) is 3.14. The zero-order valence-electron chi connectivity index (χ0n) is 17.0. The van der Waals surface area contributed by atoms with Crippen LogP contribution in [-0.4, -0.2) is 40.8 Å². The lowest BCUT2D eigenvalue weighted by Crippen LogP contribution is -2.36. The monoisotopic (exact) mass is 400 g/mol. The number of aromatic amines is 1. The Bertz CT molecular complexity index is 1240. The lowest BCUT2D eigenvalue weighted by atomic mass is 10.2. The van der Waals surface area contributed by atoms with Crippen molar-refractivity contribution in [3.63, 3.8) is 0 Å². The molecule has 6 heteroatoms. The van der Waals surface area contributed by atoms with E-state index in [0.29, 0.717) is 12.1 Å². The number of morpholine rings is 1. The SMILES string of the molecule is Cc1cc(-c2nc3ccc(N4CCOCC4)cc3n2Cc2ccccc2)c[nH]c1=O. The summed E-state index contributed by atoms with van der Waals surface area (Å²) in [6.45, 7) is 5.82. The molecule has 6 nitrogen and oxygen atoms in total. The van der Waals surface area contributed by atoms with Gasteiger partial charge in [-0.3, -0.25) is 4.79 Å². The minimum Gasteiger partial charge on any atom is -0.378 e. The van der Waals surface area contributed by atoms with Crippen LogP contribution >= 0.6 is 0 Å². The molecule has 152 valence electrons. The van der Waals surface area contributed by atoms with E-state index in [4.69, 9.17) is 9.72 Å². The van der Waals surface area contributed by atoms with Crippen molar-refractivity contribution in [1.29, 1.82) is 0 Å². The van der Waals surface area contributed by atoms with Gasteiger partial charge in [0, 0.05) is 42.6 Å². The van der Waals surface area contributed by atoms with E-state index < -0.39 is 0 Å². The fourth-order valence-corrected chi connectivity index (χ4v) is 4.00. The van der Waals surface area contributed by atoms with Gasteiger partial charge in [-0.1, -0.05) is 30.3 Å². The number of aromatic nitrogens is 3. The molecule has 0 radical (unpaired) electrons. The van der Waals surface area contributed by atoms with Gasteiger partial charge in [0.2, 0.25) is 0 Å². The Morgan fingerprint density at radius 3 is 2.63 bits per heavy atom. The number of rotatable bonds is 4. The highest BCUT2D eigenvalue weighted by Crippen LogP contribution is 2.29. The van der Waals surface area contributed by atoms with Crippen molar-refractivity contribution in [1.82, 2.24) is 14.5 Å². The lowest BCUT2D eigenvalue weighted by Gasteiger charge is -2.28. The standard InChI is InChI=1S/C24H24N4O2/c1-17-13-19(15-25-24(17)29)23-26-21-8-7-20(27-9-11-30-12-10-27)14-22(21)28(23)16-18-5-3-2-4-6-18/h2-8,13-15H,9-12,16H2,1H3,(H,25,29). The highest BCUT2D eigenvalue weighted by Gasteiger charge is 2.17. The molecule has 0 aliphatic carbocycles. The topological polar surface area (TPSA) is 63.1 Å². The predicted molar refractivity (Wildman–Crippen MR) is 119 cm³/mol. The van der Waals surface area contributed by atoms with Gasteiger partial charge in [0.05, 0.1) is 24.2 Å². The molecule has 0 saturated carbocycles. The minimum absolute atomic E-state index is 0.0703. The second-order valence-electron chi connectivity index (χ2n) is 7.68. The molecule has 4 aromatic rings. The fraction of sp³-hybridized carbons (Fsp3) is 0.250. The van der Waals surface area contributed by atoms with Crippen LogP contribution < -0.4 is 10.5 Å². The number of hydrogen-bond acceptors (Lipinski definition) is 4. The van der Waals surface area contributed by atoms with Crippen LogP contribution in [0.15, 0.2) is 65.6 Å². The molecule has 1 fully saturated rings. The van der Waals surface area contributed by atoms with Gasteiger partial charge in [-0.2, -0.15) is 0 Å². The smallest absolute Gasteiger partial charge is 0.250 e. The fourth-order valence-electron chi connectivity index (χ4n) is 4.00. The number of benzene rings is 2. The highest BCUT2D eigenvalue weighted by atomic mass is 16.5. The summed E-state index contributed by atoms with van der Waals surface area (Å²) in [5.74, 6) is 0.854. The van der Waals surface area contributed by atoms with Gasteiger partial charge < -0.3 is 19.2 Å². The lowest BCUT2D eigenvalue weighted by molar-refractivity contribution is 0.122. The first kappa shape index (κ1) is 18.6. The Hall–Kier alpha value is -3.38. The molecule has 3 heterocycles. The van der Waals surface area contributed by atoms with E-state index in [0.717, 1.165) is 48.7 Å². The van der Waals surface area contributed by atoms with Crippen molar-refractivity contribution in [3.05, 3.63) is 82.3 Å². The Morgan fingerprint density at radius 2 is 1.87 bits per heavy atom. The van der Waals surface area contributed by atoms with E-state index >= 15 is 0 Å². The molecule has 2 aromatic heterocycles. The number of anilines is 1. The first-order valence-electron chi connectivity index (χ1n) is 10.3. The van der Waals surface area contributed by atoms with E-state index in [9.17, 15) is 4.79 Å². The molecule has 1 aliphatic rings. The van der Waals surface area contributed by atoms with Crippen LogP contribution in [0.2, 0.25) is 0 Å². The number of fused-ring (bicyclic) bond motifs is 1. The first-order valence-corrected chi connectivity index (χ1v) is 10.3. The van der Waals surface area contributed by atoms with Crippen molar-refractivity contribution in [2.45, 2.75) is 13.5 Å². The number of pyridine rings is 1. The van der Waals surface area contributed by atoms with Gasteiger partial charge in [-0.25, -0.2) is 4.98 Å². The Balaban J connectivity index is 1.66. The van der Waals surface area contributed by atoms with Crippen LogP contribution in [0.4, 0.5) is 5.69 Å². The summed E-state index contributed by atoms with van der Waals surface area (Å²) >= 11 is 0. The number of nitrogens with zero attached hydrogens (tertiary/aromatic N) is 3. The summed E-state index contributed by atoms with van der Waals surface area (Å²) in [6, 6.07) is 18.7. The van der Waals surface area contributed by atoms with Crippen LogP contribution in [0.1, 0.15) is 11.1 Å². The minimum atomic E-state index is -0.0703.